The van der Waals surface area contributed by atoms with E-state index in [1.54, 1.807) is 12.4 Å². The highest BCUT2D eigenvalue weighted by atomic mass is 16.4. The minimum absolute atomic E-state index is 0.0359. The summed E-state index contributed by atoms with van der Waals surface area (Å²) in [6.45, 7) is 0.294. The minimum atomic E-state index is -1.11. The smallest absolute Gasteiger partial charge is 0.326 e. The Morgan fingerprint density at radius 3 is 3.00 bits per heavy atom. The van der Waals surface area contributed by atoms with Gasteiger partial charge in [0, 0.05) is 31.3 Å². The highest BCUT2D eigenvalue weighted by molar-refractivity contribution is 5.83. The molecule has 1 aromatic rings. The van der Waals surface area contributed by atoms with Gasteiger partial charge in [0.25, 0.3) is 0 Å². The van der Waals surface area contributed by atoms with Crippen LogP contribution in [-0.4, -0.2) is 56.0 Å². The number of aliphatic carboxylic acids is 1. The molecular weight excluding hydrogens is 240 g/mol. The number of aromatic amines is 1. The molecule has 1 fully saturated rings. The molecule has 2 heterocycles. The summed E-state index contributed by atoms with van der Waals surface area (Å²) in [7, 11) is 0. The summed E-state index contributed by atoms with van der Waals surface area (Å²) in [4.78, 5) is 23.9. The van der Waals surface area contributed by atoms with Crippen LogP contribution >= 0.6 is 0 Å². The number of carboxylic acids is 1. The fourth-order valence-corrected chi connectivity index (χ4v) is 1.93. The van der Waals surface area contributed by atoms with E-state index in [4.69, 9.17) is 5.11 Å². The van der Waals surface area contributed by atoms with Crippen molar-refractivity contribution in [2.24, 2.45) is 0 Å². The molecule has 4 N–H and O–H groups in total. The SMILES string of the molecule is O=C(O)[C@H]1C[C@@H](O)CN1C(=O)NCc1cn[nH]c1. The first-order valence-electron chi connectivity index (χ1n) is 5.51. The molecule has 1 aliphatic rings. The molecule has 98 valence electrons. The standard InChI is InChI=1S/C10H14N4O4/c15-7-1-8(9(16)17)14(5-7)10(18)11-2-6-3-12-13-4-6/h3-4,7-8,15H,1-2,5H2,(H,11,18)(H,12,13)(H,16,17)/t7-,8-/m1/s1. The van der Waals surface area contributed by atoms with E-state index in [1.807, 2.05) is 0 Å². The van der Waals surface area contributed by atoms with Crippen molar-refractivity contribution in [2.75, 3.05) is 6.54 Å². The van der Waals surface area contributed by atoms with Crippen LogP contribution in [0.5, 0.6) is 0 Å². The van der Waals surface area contributed by atoms with E-state index in [2.05, 4.69) is 15.5 Å². The van der Waals surface area contributed by atoms with Gasteiger partial charge < -0.3 is 20.4 Å². The van der Waals surface area contributed by atoms with E-state index in [0.717, 1.165) is 10.5 Å². The maximum absolute atomic E-state index is 11.8. The first kappa shape index (κ1) is 12.4. The third-order valence-corrected chi connectivity index (χ3v) is 2.82. The number of carbonyl (C=O) groups is 2. The Morgan fingerprint density at radius 1 is 1.61 bits per heavy atom. The second-order valence-electron chi connectivity index (χ2n) is 4.16. The van der Waals surface area contributed by atoms with Crippen molar-refractivity contribution < 1.29 is 19.8 Å². The Balaban J connectivity index is 1.93. The van der Waals surface area contributed by atoms with Crippen LogP contribution in [0.15, 0.2) is 12.4 Å². The molecule has 0 unspecified atom stereocenters. The number of hydrogen-bond acceptors (Lipinski definition) is 4. The number of nitrogens with zero attached hydrogens (tertiary/aromatic N) is 2. The molecule has 0 spiro atoms. The average Bonchev–Trinajstić information content (AvgIpc) is 2.94. The Morgan fingerprint density at radius 2 is 2.39 bits per heavy atom. The molecule has 1 aromatic heterocycles. The lowest BCUT2D eigenvalue weighted by molar-refractivity contribution is -0.141. The van der Waals surface area contributed by atoms with E-state index in [1.165, 1.54) is 0 Å². The van der Waals surface area contributed by atoms with Gasteiger partial charge in [-0.3, -0.25) is 5.10 Å². The van der Waals surface area contributed by atoms with Gasteiger partial charge in [-0.2, -0.15) is 5.10 Å². The van der Waals surface area contributed by atoms with Crippen LogP contribution in [0.1, 0.15) is 12.0 Å². The summed E-state index contributed by atoms with van der Waals surface area (Å²) >= 11 is 0. The molecule has 0 radical (unpaired) electrons. The topological polar surface area (TPSA) is 119 Å². The Labute approximate surface area is 103 Å². The second-order valence-corrected chi connectivity index (χ2v) is 4.16. The number of amides is 2. The van der Waals surface area contributed by atoms with E-state index in [9.17, 15) is 14.7 Å². The molecular formula is C10H14N4O4. The second kappa shape index (κ2) is 5.05. The summed E-state index contributed by atoms with van der Waals surface area (Å²) in [6.07, 6.45) is 2.47. The van der Waals surface area contributed by atoms with Gasteiger partial charge >= 0.3 is 12.0 Å². The van der Waals surface area contributed by atoms with Gasteiger partial charge in [0.15, 0.2) is 0 Å². The number of β-amino-alcohol motifs (C(OH)–C–C–N with tert-alkyl or cyclic N) is 1. The van der Waals surface area contributed by atoms with Gasteiger partial charge in [0.05, 0.1) is 12.3 Å². The molecule has 0 bridgehead atoms. The number of aromatic nitrogens is 2. The van der Waals surface area contributed by atoms with Crippen LogP contribution in [0.25, 0.3) is 0 Å². The van der Waals surface area contributed by atoms with Gasteiger partial charge in [0.1, 0.15) is 6.04 Å². The van der Waals surface area contributed by atoms with Gasteiger partial charge in [-0.25, -0.2) is 9.59 Å². The molecule has 8 nitrogen and oxygen atoms in total. The van der Waals surface area contributed by atoms with Crippen molar-refractivity contribution in [3.8, 4) is 0 Å². The van der Waals surface area contributed by atoms with E-state index >= 15 is 0 Å². The molecule has 2 atom stereocenters. The summed E-state index contributed by atoms with van der Waals surface area (Å²) in [5.74, 6) is -1.11. The molecule has 1 saturated heterocycles. The van der Waals surface area contributed by atoms with Crippen LogP contribution in [0.3, 0.4) is 0 Å². The zero-order chi connectivity index (χ0) is 13.1. The van der Waals surface area contributed by atoms with Crippen molar-refractivity contribution in [2.45, 2.75) is 25.1 Å². The van der Waals surface area contributed by atoms with E-state index < -0.39 is 24.1 Å². The first-order valence-corrected chi connectivity index (χ1v) is 5.51. The normalized spacial score (nSPS) is 23.1. The molecule has 2 amide bonds. The number of likely N-dealkylation sites (tertiary alicyclic amines) is 1. The third kappa shape index (κ3) is 2.59. The van der Waals surface area contributed by atoms with Crippen molar-refractivity contribution in [1.82, 2.24) is 20.4 Å². The van der Waals surface area contributed by atoms with Gasteiger partial charge in [-0.15, -0.1) is 0 Å². The number of rotatable bonds is 3. The summed E-state index contributed by atoms with van der Waals surface area (Å²) < 4.78 is 0. The number of carbonyl (C=O) groups excluding carboxylic acids is 1. The van der Waals surface area contributed by atoms with E-state index in [-0.39, 0.29) is 19.5 Å². The highest BCUT2D eigenvalue weighted by Crippen LogP contribution is 2.18. The van der Waals surface area contributed by atoms with Crippen molar-refractivity contribution in [3.63, 3.8) is 0 Å². The Kier molecular flexibility index (Phi) is 3.47. The number of carboxylic acid groups (broad SMARTS) is 1. The predicted molar refractivity (Wildman–Crippen MR) is 59.6 cm³/mol. The number of aliphatic hydroxyl groups is 1. The Hall–Kier alpha value is -2.09. The zero-order valence-electron chi connectivity index (χ0n) is 9.54. The van der Waals surface area contributed by atoms with Crippen LogP contribution in [0.4, 0.5) is 4.79 Å². The maximum Gasteiger partial charge on any atom is 0.326 e. The predicted octanol–water partition coefficient (Wildman–Crippen LogP) is -0.861. The number of hydrogen-bond donors (Lipinski definition) is 4. The quantitative estimate of drug-likeness (QED) is 0.559. The summed E-state index contributed by atoms with van der Waals surface area (Å²) in [5, 5.41) is 27.3. The van der Waals surface area contributed by atoms with Crippen LogP contribution < -0.4 is 5.32 Å². The van der Waals surface area contributed by atoms with Crippen LogP contribution in [0, 0.1) is 0 Å². The summed E-state index contributed by atoms with van der Waals surface area (Å²) in [5.41, 5.74) is 0.787. The molecule has 1 aliphatic heterocycles. The fraction of sp³-hybridized carbons (Fsp3) is 0.500. The minimum Gasteiger partial charge on any atom is -0.480 e. The van der Waals surface area contributed by atoms with Crippen molar-refractivity contribution >= 4 is 12.0 Å². The summed E-state index contributed by atoms with van der Waals surface area (Å²) in [6, 6.07) is -1.47. The van der Waals surface area contributed by atoms with E-state index in [0.29, 0.717) is 0 Å². The van der Waals surface area contributed by atoms with Gasteiger partial charge in [0.2, 0.25) is 0 Å². The zero-order valence-corrected chi connectivity index (χ0v) is 9.54. The molecule has 18 heavy (non-hydrogen) atoms. The monoisotopic (exact) mass is 254 g/mol. The van der Waals surface area contributed by atoms with Gasteiger partial charge in [-0.05, 0) is 0 Å². The molecule has 0 aliphatic carbocycles. The molecule has 2 rings (SSSR count). The lowest BCUT2D eigenvalue weighted by atomic mass is 10.2. The van der Waals surface area contributed by atoms with Crippen LogP contribution in [-0.2, 0) is 11.3 Å². The lowest BCUT2D eigenvalue weighted by Crippen LogP contribution is -2.45. The molecule has 0 saturated carbocycles. The van der Waals surface area contributed by atoms with Gasteiger partial charge in [-0.1, -0.05) is 0 Å². The number of nitrogens with one attached hydrogen (secondary N) is 2. The van der Waals surface area contributed by atoms with Crippen molar-refractivity contribution in [1.29, 1.82) is 0 Å². The third-order valence-electron chi connectivity index (χ3n) is 2.82. The largest absolute Gasteiger partial charge is 0.480 e. The number of aliphatic hydroxyl groups excluding tert-OH is 1. The average molecular weight is 254 g/mol. The molecule has 0 aromatic carbocycles. The molecule has 8 heteroatoms. The fourth-order valence-electron chi connectivity index (χ4n) is 1.93. The number of H-pyrrole nitrogens is 1. The lowest BCUT2D eigenvalue weighted by Gasteiger charge is -2.21. The Bertz CT molecular complexity index is 433. The van der Waals surface area contributed by atoms with Crippen molar-refractivity contribution in [3.05, 3.63) is 18.0 Å². The highest BCUT2D eigenvalue weighted by Gasteiger charge is 2.38. The maximum atomic E-state index is 11.8. The van der Waals surface area contributed by atoms with Crippen LogP contribution in [0.2, 0.25) is 0 Å². The first-order chi connectivity index (χ1) is 8.58. The number of urea groups is 1.